The van der Waals surface area contributed by atoms with Crippen molar-refractivity contribution >= 4 is 17.6 Å². The molecule has 44 heavy (non-hydrogen) atoms. The maximum atomic E-state index is 13.3. The van der Waals surface area contributed by atoms with E-state index in [-0.39, 0.29) is 16.8 Å². The Labute approximate surface area is 251 Å². The molecule has 11 atom stereocenters. The number of rotatable bonds is 10. The Morgan fingerprint density at radius 2 is 1.66 bits per heavy atom. The van der Waals surface area contributed by atoms with Crippen molar-refractivity contribution in [2.45, 2.75) is 61.5 Å². The molecule has 2 aromatic carbocycles. The third-order valence-corrected chi connectivity index (χ3v) is 7.42. The quantitative estimate of drug-likeness (QED) is 0.0571. The highest BCUT2D eigenvalue weighted by Gasteiger charge is 2.50. The zero-order chi connectivity index (χ0) is 32.1. The number of phenols is 1. The Hall–Kier alpha value is -3.42. The van der Waals surface area contributed by atoms with Crippen molar-refractivity contribution < 1.29 is 69.0 Å². The first-order chi connectivity index (χ1) is 21.0. The fourth-order valence-corrected chi connectivity index (χ4v) is 4.96. The molecule has 242 valence electrons. The number of hydrogen-bond donors (Lipinski definition) is 9. The Bertz CT molecular complexity index is 1270. The SMILES string of the molecule is CNC1[C@H](O)OC(CO)[C@H](O)[C@@H]1CO[C@@H]1OC(C(=O)OC(OC(=O)c2cc(N)ccc2O)c2ccccc2)[C@H](O)[C@H](O)C1O. The molecule has 0 aliphatic carbocycles. The number of esters is 2. The molecule has 0 bridgehead atoms. The molecular weight excluding hydrogens is 588 g/mol. The number of nitrogen functional groups attached to an aromatic ring is 1. The highest BCUT2D eigenvalue weighted by molar-refractivity contribution is 5.93. The van der Waals surface area contributed by atoms with Gasteiger partial charge in [0.15, 0.2) is 18.7 Å². The van der Waals surface area contributed by atoms with Crippen LogP contribution < -0.4 is 11.1 Å². The number of aliphatic hydroxyl groups excluding tert-OH is 6. The van der Waals surface area contributed by atoms with Gasteiger partial charge in [0, 0.05) is 17.2 Å². The van der Waals surface area contributed by atoms with Gasteiger partial charge in [-0.15, -0.1) is 0 Å². The van der Waals surface area contributed by atoms with Gasteiger partial charge in [0.05, 0.1) is 25.4 Å². The summed E-state index contributed by atoms with van der Waals surface area (Å²) in [6.07, 6.45) is -15.2. The molecule has 0 radical (unpaired) electrons. The van der Waals surface area contributed by atoms with E-state index < -0.39 is 98.4 Å². The van der Waals surface area contributed by atoms with E-state index in [2.05, 4.69) is 5.32 Å². The highest BCUT2D eigenvalue weighted by Crippen LogP contribution is 2.31. The summed E-state index contributed by atoms with van der Waals surface area (Å²) in [6.45, 7) is -1.04. The van der Waals surface area contributed by atoms with Crippen LogP contribution in [0.2, 0.25) is 0 Å². The summed E-state index contributed by atoms with van der Waals surface area (Å²) in [7, 11) is 1.48. The van der Waals surface area contributed by atoms with Crippen LogP contribution >= 0.6 is 0 Å². The molecule has 0 spiro atoms. The van der Waals surface area contributed by atoms with E-state index in [1.54, 1.807) is 18.2 Å². The molecule has 4 rings (SSSR count). The molecule has 16 nitrogen and oxygen atoms in total. The van der Waals surface area contributed by atoms with E-state index >= 15 is 0 Å². The monoisotopic (exact) mass is 624 g/mol. The number of benzene rings is 2. The highest BCUT2D eigenvalue weighted by atomic mass is 16.7. The predicted octanol–water partition coefficient (Wildman–Crippen LogP) is -2.53. The number of nitrogens with one attached hydrogen (secondary N) is 1. The summed E-state index contributed by atoms with van der Waals surface area (Å²) in [5.74, 6) is -3.78. The number of likely N-dealkylation sites (N-methyl/N-ethyl adjacent to an activating group) is 1. The Balaban J connectivity index is 1.50. The molecule has 2 heterocycles. The first-order valence-corrected chi connectivity index (χ1v) is 13.6. The lowest BCUT2D eigenvalue weighted by Gasteiger charge is -2.44. The van der Waals surface area contributed by atoms with Gasteiger partial charge in [-0.2, -0.15) is 0 Å². The van der Waals surface area contributed by atoms with E-state index in [4.69, 9.17) is 29.4 Å². The number of carbonyl (C=O) groups is 2. The normalized spacial score (nSPS) is 32.9. The van der Waals surface area contributed by atoms with Gasteiger partial charge >= 0.3 is 11.9 Å². The Morgan fingerprint density at radius 3 is 2.32 bits per heavy atom. The van der Waals surface area contributed by atoms with Crippen LogP contribution in [0.4, 0.5) is 5.69 Å². The minimum atomic E-state index is -2.01. The molecule has 2 aliphatic heterocycles. The summed E-state index contributed by atoms with van der Waals surface area (Å²) in [6, 6.07) is 10.5. The van der Waals surface area contributed by atoms with Crippen molar-refractivity contribution in [1.82, 2.24) is 5.32 Å². The van der Waals surface area contributed by atoms with Crippen LogP contribution in [0.15, 0.2) is 48.5 Å². The van der Waals surface area contributed by atoms with Crippen LogP contribution in [-0.2, 0) is 28.5 Å². The topological polar surface area (TPSA) is 260 Å². The predicted molar refractivity (Wildman–Crippen MR) is 146 cm³/mol. The van der Waals surface area contributed by atoms with Gasteiger partial charge in [-0.05, 0) is 25.2 Å². The second-order valence-electron chi connectivity index (χ2n) is 10.3. The molecule has 2 fully saturated rings. The van der Waals surface area contributed by atoms with Crippen LogP contribution in [0.3, 0.4) is 0 Å². The number of anilines is 1. The first kappa shape index (κ1) is 33.5. The summed E-state index contributed by atoms with van der Waals surface area (Å²) in [5, 5.41) is 74.8. The molecule has 2 aromatic rings. The summed E-state index contributed by atoms with van der Waals surface area (Å²) < 4.78 is 27.0. The second kappa shape index (κ2) is 14.6. The van der Waals surface area contributed by atoms with Crippen molar-refractivity contribution in [2.24, 2.45) is 5.92 Å². The lowest BCUT2D eigenvalue weighted by molar-refractivity contribution is -0.308. The first-order valence-electron chi connectivity index (χ1n) is 13.6. The van der Waals surface area contributed by atoms with Gasteiger partial charge in [-0.3, -0.25) is 0 Å². The minimum Gasteiger partial charge on any atom is -0.507 e. The van der Waals surface area contributed by atoms with Crippen LogP contribution in [0.25, 0.3) is 0 Å². The molecule has 2 saturated heterocycles. The zero-order valence-corrected chi connectivity index (χ0v) is 23.4. The Morgan fingerprint density at radius 1 is 0.955 bits per heavy atom. The summed E-state index contributed by atoms with van der Waals surface area (Å²) in [5.41, 5.74) is 5.72. The maximum Gasteiger partial charge on any atom is 0.345 e. The number of phenolic OH excluding ortho intramolecular Hbond substituents is 1. The number of hydrogen-bond acceptors (Lipinski definition) is 16. The third kappa shape index (κ3) is 7.27. The van der Waals surface area contributed by atoms with Crippen LogP contribution in [0.1, 0.15) is 22.2 Å². The average molecular weight is 625 g/mol. The van der Waals surface area contributed by atoms with Crippen molar-refractivity contribution in [3.8, 4) is 5.75 Å². The molecular formula is C28H36N2O14. The summed E-state index contributed by atoms with van der Waals surface area (Å²) >= 11 is 0. The van der Waals surface area contributed by atoms with Crippen molar-refractivity contribution in [1.29, 1.82) is 0 Å². The van der Waals surface area contributed by atoms with Crippen molar-refractivity contribution in [3.05, 3.63) is 59.7 Å². The molecule has 10 N–H and O–H groups in total. The van der Waals surface area contributed by atoms with Gasteiger partial charge in [0.1, 0.15) is 35.7 Å². The fourth-order valence-electron chi connectivity index (χ4n) is 4.96. The smallest absolute Gasteiger partial charge is 0.345 e. The lowest BCUT2D eigenvalue weighted by Crippen LogP contribution is -2.63. The van der Waals surface area contributed by atoms with E-state index in [1.807, 2.05) is 0 Å². The summed E-state index contributed by atoms with van der Waals surface area (Å²) in [4.78, 5) is 26.1. The molecule has 0 amide bonds. The zero-order valence-electron chi connectivity index (χ0n) is 23.4. The lowest BCUT2D eigenvalue weighted by atomic mass is 9.88. The van der Waals surface area contributed by atoms with Gasteiger partial charge in [0.2, 0.25) is 0 Å². The third-order valence-electron chi connectivity index (χ3n) is 7.42. The molecule has 16 heteroatoms. The van der Waals surface area contributed by atoms with E-state index in [0.717, 1.165) is 6.07 Å². The van der Waals surface area contributed by atoms with Gasteiger partial charge in [-0.25, -0.2) is 9.59 Å². The van der Waals surface area contributed by atoms with Crippen molar-refractivity contribution in [3.63, 3.8) is 0 Å². The van der Waals surface area contributed by atoms with Crippen LogP contribution in [0.5, 0.6) is 5.75 Å². The number of nitrogens with two attached hydrogens (primary N) is 1. The standard InChI is InChI=1S/C28H36N2O14/c1-30-18-15(19(33)17(10-31)41-25(18)38)11-40-28-22(36)20(34)21(35)23(42-28)26(39)44-27(12-5-3-2-4-6-12)43-24(37)14-9-13(29)7-8-16(14)32/h2-9,15,17-23,25,27-28,30-36,38H,10-11,29H2,1H3/t15-,17?,18?,19-,20+,21-,22?,23?,25-,27?,28-/m1/s1. The average Bonchev–Trinajstić information content (AvgIpc) is 3.01. The second-order valence-corrected chi connectivity index (χ2v) is 10.3. The van der Waals surface area contributed by atoms with Crippen molar-refractivity contribution in [2.75, 3.05) is 26.0 Å². The minimum absolute atomic E-state index is 0.149. The fraction of sp³-hybridized carbons (Fsp3) is 0.500. The van der Waals surface area contributed by atoms with E-state index in [1.165, 1.54) is 31.3 Å². The Kier molecular flexibility index (Phi) is 11.1. The molecule has 5 unspecified atom stereocenters. The number of aromatic hydroxyl groups is 1. The maximum absolute atomic E-state index is 13.3. The number of aliphatic hydroxyl groups is 6. The van der Waals surface area contributed by atoms with Crippen LogP contribution in [0, 0.1) is 5.92 Å². The van der Waals surface area contributed by atoms with E-state index in [9.17, 15) is 45.3 Å². The van der Waals surface area contributed by atoms with Crippen LogP contribution in [-0.4, -0.2) is 123 Å². The van der Waals surface area contributed by atoms with Gasteiger partial charge in [0.25, 0.3) is 6.29 Å². The molecule has 2 aliphatic rings. The van der Waals surface area contributed by atoms with E-state index in [0.29, 0.717) is 0 Å². The molecule has 0 saturated carbocycles. The molecule has 0 aromatic heterocycles. The largest absolute Gasteiger partial charge is 0.507 e. The number of ether oxygens (including phenoxy) is 5. The van der Waals surface area contributed by atoms with Gasteiger partial charge in [-0.1, -0.05) is 30.3 Å². The van der Waals surface area contributed by atoms with Gasteiger partial charge < -0.3 is 70.5 Å². The number of carbonyl (C=O) groups excluding carboxylic acids is 2.